The van der Waals surface area contributed by atoms with Gasteiger partial charge < -0.3 is 14.9 Å². The summed E-state index contributed by atoms with van der Waals surface area (Å²) in [6.45, 7) is 17.9. The summed E-state index contributed by atoms with van der Waals surface area (Å²) in [5.74, 6) is 3.20. The third-order valence-electron chi connectivity index (χ3n) is 13.8. The van der Waals surface area contributed by atoms with Crippen molar-refractivity contribution in [3.05, 3.63) is 12.2 Å². The van der Waals surface area contributed by atoms with Crippen molar-refractivity contribution in [2.75, 3.05) is 20.3 Å². The lowest BCUT2D eigenvalue weighted by molar-refractivity contribution is -0.255. The number of allylic oxidation sites excluding steroid dienone is 1. The molecule has 5 aliphatic carbocycles. The molecule has 0 aromatic rings. The summed E-state index contributed by atoms with van der Waals surface area (Å²) in [5.41, 5.74) is 2.26. The molecule has 0 saturated heterocycles. The molecule has 0 bridgehead atoms. The fraction of sp³-hybridized carbons (Fsp3) is 0.935. The van der Waals surface area contributed by atoms with Gasteiger partial charge in [0.15, 0.2) is 0 Å². The minimum Gasteiger partial charge on any atom is -0.396 e. The number of hydrogen-bond donors (Lipinski definition) is 2. The molecule has 0 heterocycles. The van der Waals surface area contributed by atoms with Crippen LogP contribution >= 0.6 is 0 Å². The number of fused-ring (bicyclic) bond motifs is 7. The summed E-state index contributed by atoms with van der Waals surface area (Å²) in [6, 6.07) is 0. The van der Waals surface area contributed by atoms with E-state index in [4.69, 9.17) is 4.74 Å². The summed E-state index contributed by atoms with van der Waals surface area (Å²) < 4.78 is 5.91. The van der Waals surface area contributed by atoms with E-state index in [0.29, 0.717) is 39.9 Å². The number of rotatable bonds is 4. The van der Waals surface area contributed by atoms with Crippen LogP contribution in [0.25, 0.3) is 0 Å². The second-order valence-electron chi connectivity index (χ2n) is 14.7. The third kappa shape index (κ3) is 2.99. The number of hydrogen-bond acceptors (Lipinski definition) is 3. The Morgan fingerprint density at radius 1 is 0.882 bits per heavy atom. The molecule has 194 valence electrons. The van der Waals surface area contributed by atoms with Crippen LogP contribution in [0.1, 0.15) is 98.8 Å². The number of aliphatic hydroxyl groups is 2. The van der Waals surface area contributed by atoms with E-state index < -0.39 is 0 Å². The van der Waals surface area contributed by atoms with Crippen LogP contribution < -0.4 is 0 Å². The minimum atomic E-state index is -0.369. The zero-order valence-electron chi connectivity index (χ0n) is 23.0. The Balaban J connectivity index is 1.54. The monoisotopic (exact) mass is 472 g/mol. The standard InChI is InChI=1S/C31H52O3/c1-20(2)21-10-15-31(19-34-7)17-16-29(5)22(26(21)31)8-9-24-27(3)13-12-25(33)28(4,18-32)23(27)11-14-30(24,29)6/h21-26,32-33H,1,8-19H2,2-7H3/t21-,22+,23+,24+,25?,26+,27-,28?,29+,30+,31+/m0/s1. The summed E-state index contributed by atoms with van der Waals surface area (Å²) >= 11 is 0. The van der Waals surface area contributed by atoms with E-state index in [0.717, 1.165) is 31.8 Å². The zero-order chi connectivity index (χ0) is 24.7. The maximum absolute atomic E-state index is 11.0. The van der Waals surface area contributed by atoms with Gasteiger partial charge in [0.05, 0.1) is 19.3 Å². The van der Waals surface area contributed by atoms with Crippen LogP contribution in [0.2, 0.25) is 0 Å². The van der Waals surface area contributed by atoms with Crippen molar-refractivity contribution in [1.82, 2.24) is 0 Å². The van der Waals surface area contributed by atoms with Gasteiger partial charge in [-0.25, -0.2) is 0 Å². The molecule has 5 rings (SSSR count). The molecule has 5 saturated carbocycles. The van der Waals surface area contributed by atoms with Gasteiger partial charge >= 0.3 is 0 Å². The quantitative estimate of drug-likeness (QED) is 0.452. The van der Waals surface area contributed by atoms with Gasteiger partial charge in [0, 0.05) is 12.5 Å². The van der Waals surface area contributed by atoms with Crippen molar-refractivity contribution >= 4 is 0 Å². The van der Waals surface area contributed by atoms with Crippen molar-refractivity contribution in [3.8, 4) is 0 Å². The van der Waals surface area contributed by atoms with Crippen LogP contribution in [-0.4, -0.2) is 36.6 Å². The first-order chi connectivity index (χ1) is 15.9. The second kappa shape index (κ2) is 8.06. The summed E-state index contributed by atoms with van der Waals surface area (Å²) in [4.78, 5) is 0. The van der Waals surface area contributed by atoms with E-state index in [9.17, 15) is 10.2 Å². The lowest BCUT2D eigenvalue weighted by atomic mass is 9.32. The normalized spacial score (nSPS) is 56.7. The highest BCUT2D eigenvalue weighted by Crippen LogP contribution is 2.77. The molecule has 5 aliphatic rings. The Kier molecular flexibility index (Phi) is 5.99. The molecule has 0 aromatic carbocycles. The maximum atomic E-state index is 11.0. The van der Waals surface area contributed by atoms with Crippen LogP contribution in [0.4, 0.5) is 0 Å². The Hall–Kier alpha value is -0.380. The van der Waals surface area contributed by atoms with E-state index in [1.54, 1.807) is 0 Å². The van der Waals surface area contributed by atoms with Crippen molar-refractivity contribution in [2.45, 2.75) is 105 Å². The first-order valence-corrected chi connectivity index (χ1v) is 14.4. The first kappa shape index (κ1) is 25.3. The molecule has 11 atom stereocenters. The zero-order valence-corrected chi connectivity index (χ0v) is 23.0. The largest absolute Gasteiger partial charge is 0.396 e. The highest BCUT2D eigenvalue weighted by molar-refractivity contribution is 5.21. The summed E-state index contributed by atoms with van der Waals surface area (Å²) in [5, 5.41) is 21.4. The molecule has 3 nitrogen and oxygen atoms in total. The van der Waals surface area contributed by atoms with Gasteiger partial charge in [-0.05, 0) is 122 Å². The van der Waals surface area contributed by atoms with Gasteiger partial charge in [-0.15, -0.1) is 0 Å². The molecule has 0 spiro atoms. The molecule has 5 fully saturated rings. The fourth-order valence-corrected chi connectivity index (χ4v) is 11.8. The van der Waals surface area contributed by atoms with Crippen molar-refractivity contribution in [1.29, 1.82) is 0 Å². The molecule has 0 amide bonds. The van der Waals surface area contributed by atoms with Crippen LogP contribution in [0, 0.1) is 56.7 Å². The second-order valence-corrected chi connectivity index (χ2v) is 14.7. The van der Waals surface area contributed by atoms with Crippen LogP contribution in [-0.2, 0) is 4.74 Å². The van der Waals surface area contributed by atoms with Crippen molar-refractivity contribution < 1.29 is 14.9 Å². The molecule has 3 heteroatoms. The van der Waals surface area contributed by atoms with Gasteiger partial charge in [0.2, 0.25) is 0 Å². The minimum absolute atomic E-state index is 0.111. The predicted molar refractivity (Wildman–Crippen MR) is 138 cm³/mol. The molecule has 2 unspecified atom stereocenters. The van der Waals surface area contributed by atoms with Crippen LogP contribution in [0.3, 0.4) is 0 Å². The van der Waals surface area contributed by atoms with E-state index in [1.807, 2.05) is 7.11 Å². The molecular formula is C31H52O3. The smallest absolute Gasteiger partial charge is 0.0618 e. The lowest BCUT2D eigenvalue weighted by Gasteiger charge is -2.73. The maximum Gasteiger partial charge on any atom is 0.0618 e. The first-order valence-electron chi connectivity index (χ1n) is 14.4. The summed E-state index contributed by atoms with van der Waals surface area (Å²) in [7, 11) is 1.91. The molecule has 0 aromatic heterocycles. The Labute approximate surface area is 209 Å². The molecule has 0 aliphatic heterocycles. The molecule has 0 radical (unpaired) electrons. The topological polar surface area (TPSA) is 49.7 Å². The van der Waals surface area contributed by atoms with Gasteiger partial charge in [0.25, 0.3) is 0 Å². The van der Waals surface area contributed by atoms with Crippen LogP contribution in [0.15, 0.2) is 12.2 Å². The average molecular weight is 473 g/mol. The summed E-state index contributed by atoms with van der Waals surface area (Å²) in [6.07, 6.45) is 11.9. The lowest BCUT2D eigenvalue weighted by Crippen LogP contribution is -2.67. The predicted octanol–water partition coefficient (Wildman–Crippen LogP) is 6.62. The van der Waals surface area contributed by atoms with Gasteiger partial charge in [-0.3, -0.25) is 0 Å². The van der Waals surface area contributed by atoms with E-state index in [1.165, 1.54) is 50.5 Å². The van der Waals surface area contributed by atoms with Gasteiger partial charge in [-0.1, -0.05) is 39.8 Å². The number of methoxy groups -OCH3 is 1. The molecule has 2 N–H and O–H groups in total. The number of aliphatic hydroxyl groups excluding tert-OH is 2. The van der Waals surface area contributed by atoms with Crippen molar-refractivity contribution in [3.63, 3.8) is 0 Å². The van der Waals surface area contributed by atoms with E-state index in [-0.39, 0.29) is 23.5 Å². The fourth-order valence-electron chi connectivity index (χ4n) is 11.8. The van der Waals surface area contributed by atoms with Gasteiger partial charge in [-0.2, -0.15) is 0 Å². The Morgan fingerprint density at radius 2 is 1.62 bits per heavy atom. The van der Waals surface area contributed by atoms with Gasteiger partial charge in [0.1, 0.15) is 0 Å². The van der Waals surface area contributed by atoms with E-state index in [2.05, 4.69) is 41.2 Å². The average Bonchev–Trinajstić information content (AvgIpc) is 3.17. The Bertz CT molecular complexity index is 823. The highest BCUT2D eigenvalue weighted by atomic mass is 16.5. The third-order valence-corrected chi connectivity index (χ3v) is 13.8. The highest BCUT2D eigenvalue weighted by Gasteiger charge is 2.71. The number of ether oxygens (including phenoxy) is 1. The van der Waals surface area contributed by atoms with Crippen molar-refractivity contribution in [2.24, 2.45) is 56.7 Å². The molecule has 34 heavy (non-hydrogen) atoms. The SMILES string of the molecule is C=C(C)[C@@H]1CC[C@]2(COC)CC[C@]3(C)[C@H](CC[C@@H]4[C@@]5(C)CCC(O)C(C)(CO)[C@@H]5CC[C@]43C)[C@@H]12. The molecular weight excluding hydrogens is 420 g/mol. The van der Waals surface area contributed by atoms with Crippen LogP contribution in [0.5, 0.6) is 0 Å². The van der Waals surface area contributed by atoms with E-state index >= 15 is 0 Å². The Morgan fingerprint density at radius 3 is 2.26 bits per heavy atom.